The first-order chi connectivity index (χ1) is 13.4. The number of amides is 1. The number of rotatable bonds is 5. The maximum Gasteiger partial charge on any atom is 0.266 e. The van der Waals surface area contributed by atoms with Gasteiger partial charge in [0, 0.05) is 17.1 Å². The minimum atomic E-state index is -0.228. The molecule has 28 heavy (non-hydrogen) atoms. The van der Waals surface area contributed by atoms with E-state index in [1.807, 2.05) is 0 Å². The number of thiocarbonyl (C=S) groups is 1. The first-order valence-corrected chi connectivity index (χ1v) is 9.93. The number of azo groups is 1. The van der Waals surface area contributed by atoms with Gasteiger partial charge in [-0.15, -0.1) is 11.7 Å². The fourth-order valence-corrected chi connectivity index (χ4v) is 4.03. The number of benzene rings is 2. The van der Waals surface area contributed by atoms with Gasteiger partial charge < -0.3 is 5.11 Å². The molecule has 3 rings (SSSR count). The molecule has 9 heteroatoms. The maximum atomic E-state index is 12.4. The summed E-state index contributed by atoms with van der Waals surface area (Å²) in [6, 6.07) is 9.58. The molecule has 5 nitrogen and oxygen atoms in total. The molecule has 0 aliphatic carbocycles. The number of nitrogens with zero attached hydrogens (tertiary/aromatic N) is 3. The molecule has 2 aromatic rings. The number of carbonyl (C=O) groups excluding carboxylic acids is 1. The van der Waals surface area contributed by atoms with Gasteiger partial charge in [0.15, 0.2) is 0 Å². The Bertz CT molecular complexity index is 1040. The molecule has 1 N–H and O–H groups in total. The Kier molecular flexibility index (Phi) is 6.51. The second kappa shape index (κ2) is 8.87. The van der Waals surface area contributed by atoms with E-state index in [-0.39, 0.29) is 11.7 Å². The van der Waals surface area contributed by atoms with E-state index in [2.05, 4.69) is 16.8 Å². The molecule has 0 aromatic heterocycles. The van der Waals surface area contributed by atoms with Gasteiger partial charge in [-0.25, -0.2) is 0 Å². The molecular weight excluding hydrogens is 437 g/mol. The molecule has 1 aliphatic heterocycles. The molecule has 0 bridgehead atoms. The summed E-state index contributed by atoms with van der Waals surface area (Å²) in [6.07, 6.45) is 3.18. The average molecular weight is 450 g/mol. The van der Waals surface area contributed by atoms with Gasteiger partial charge in [-0.1, -0.05) is 53.3 Å². The molecule has 0 unspecified atom stereocenters. The Hall–Kier alpha value is -2.19. The van der Waals surface area contributed by atoms with E-state index < -0.39 is 0 Å². The fraction of sp³-hybridized carbons (Fsp3) is 0.0526. The summed E-state index contributed by atoms with van der Waals surface area (Å²) in [6.45, 7) is 3.96. The van der Waals surface area contributed by atoms with E-state index in [9.17, 15) is 9.90 Å². The Balaban J connectivity index is 1.88. The SMILES string of the molecule is C=CCN1C(=O)/C(=C\c2cc(N=Nc3ccc(Cl)cc3Cl)ccc2O)SC1=S. The van der Waals surface area contributed by atoms with Gasteiger partial charge in [0.05, 0.1) is 15.6 Å². The van der Waals surface area contributed by atoms with Crippen molar-refractivity contribution >= 4 is 74.9 Å². The van der Waals surface area contributed by atoms with Gasteiger partial charge in [-0.2, -0.15) is 5.11 Å². The van der Waals surface area contributed by atoms with Crippen molar-refractivity contribution in [2.24, 2.45) is 10.2 Å². The Morgan fingerprint density at radius 1 is 1.21 bits per heavy atom. The van der Waals surface area contributed by atoms with E-state index in [1.165, 1.54) is 22.7 Å². The largest absolute Gasteiger partial charge is 0.507 e. The van der Waals surface area contributed by atoms with Crippen LogP contribution in [0.5, 0.6) is 5.75 Å². The summed E-state index contributed by atoms with van der Waals surface area (Å²) < 4.78 is 0.448. The molecule has 1 amide bonds. The van der Waals surface area contributed by atoms with Crippen LogP contribution in [0.25, 0.3) is 6.08 Å². The highest BCUT2D eigenvalue weighted by Gasteiger charge is 2.31. The number of phenolic OH excluding ortho intramolecular Hbond substituents is 1. The summed E-state index contributed by atoms with van der Waals surface area (Å²) in [5, 5.41) is 19.3. The van der Waals surface area contributed by atoms with Crippen molar-refractivity contribution in [1.29, 1.82) is 0 Å². The number of halogens is 2. The quantitative estimate of drug-likeness (QED) is 0.244. The van der Waals surface area contributed by atoms with Crippen LogP contribution >= 0.6 is 47.2 Å². The second-order valence-corrected chi connectivity index (χ2v) is 8.14. The molecule has 0 radical (unpaired) electrons. The highest BCUT2D eigenvalue weighted by molar-refractivity contribution is 8.26. The van der Waals surface area contributed by atoms with Gasteiger partial charge in [-0.05, 0) is 42.5 Å². The summed E-state index contributed by atoms with van der Waals surface area (Å²) in [5.41, 5.74) is 1.38. The highest BCUT2D eigenvalue weighted by Crippen LogP contribution is 2.35. The molecule has 142 valence electrons. The van der Waals surface area contributed by atoms with Gasteiger partial charge in [0.2, 0.25) is 0 Å². The zero-order chi connectivity index (χ0) is 20.3. The highest BCUT2D eigenvalue weighted by atomic mass is 35.5. The molecule has 1 saturated heterocycles. The Morgan fingerprint density at radius 2 is 2.00 bits per heavy atom. The fourth-order valence-electron chi connectivity index (χ4n) is 2.32. The van der Waals surface area contributed by atoms with Crippen molar-refractivity contribution in [3.05, 3.63) is 69.6 Å². The lowest BCUT2D eigenvalue weighted by atomic mass is 10.1. The van der Waals surface area contributed by atoms with Crippen molar-refractivity contribution in [3.63, 3.8) is 0 Å². The normalized spacial score (nSPS) is 15.8. The third-order valence-electron chi connectivity index (χ3n) is 3.67. The van der Waals surface area contributed by atoms with Gasteiger partial charge in [-0.3, -0.25) is 9.69 Å². The number of hydrogen-bond acceptors (Lipinski definition) is 6. The van der Waals surface area contributed by atoms with Crippen LogP contribution in [0.1, 0.15) is 5.56 Å². The van der Waals surface area contributed by atoms with Crippen LogP contribution in [-0.4, -0.2) is 26.8 Å². The summed E-state index contributed by atoms with van der Waals surface area (Å²) >= 11 is 18.3. The zero-order valence-electron chi connectivity index (χ0n) is 14.3. The van der Waals surface area contributed by atoms with Crippen LogP contribution in [0.15, 0.2) is 64.2 Å². The third kappa shape index (κ3) is 4.62. The molecule has 1 heterocycles. The Labute approximate surface area is 181 Å². The van der Waals surface area contributed by atoms with Crippen LogP contribution < -0.4 is 0 Å². The lowest BCUT2D eigenvalue weighted by molar-refractivity contribution is -0.121. The topological polar surface area (TPSA) is 65.3 Å². The van der Waals surface area contributed by atoms with Gasteiger partial charge in [0.1, 0.15) is 15.8 Å². The predicted octanol–water partition coefficient (Wildman–Crippen LogP) is 6.50. The third-order valence-corrected chi connectivity index (χ3v) is 5.58. The number of phenols is 1. The van der Waals surface area contributed by atoms with Crippen molar-refractivity contribution in [3.8, 4) is 5.75 Å². The maximum absolute atomic E-state index is 12.4. The Morgan fingerprint density at radius 3 is 2.71 bits per heavy atom. The van der Waals surface area contributed by atoms with E-state index in [4.69, 9.17) is 35.4 Å². The number of thioether (sulfide) groups is 1. The molecule has 1 aliphatic rings. The monoisotopic (exact) mass is 449 g/mol. The van der Waals surface area contributed by atoms with Crippen LogP contribution in [0.3, 0.4) is 0 Å². The lowest BCUT2D eigenvalue weighted by Crippen LogP contribution is -2.27. The van der Waals surface area contributed by atoms with Crippen LogP contribution in [0.2, 0.25) is 10.0 Å². The zero-order valence-corrected chi connectivity index (χ0v) is 17.4. The molecule has 0 saturated carbocycles. The van der Waals surface area contributed by atoms with E-state index in [0.717, 1.165) is 0 Å². The standard InChI is InChI=1S/C19H13Cl2N3O2S2/c1-2-7-24-18(26)17(28-19(24)27)9-11-8-13(4-6-16(11)25)22-23-15-5-3-12(20)10-14(15)21/h2-6,8-10,25H,1,7H2/b17-9+,23-22?. The first kappa shape index (κ1) is 20.5. The van der Waals surface area contributed by atoms with Gasteiger partial charge in [0.25, 0.3) is 5.91 Å². The molecule has 2 aromatic carbocycles. The number of aromatic hydroxyl groups is 1. The smallest absolute Gasteiger partial charge is 0.266 e. The lowest BCUT2D eigenvalue weighted by Gasteiger charge is -2.10. The van der Waals surface area contributed by atoms with Crippen LogP contribution in [-0.2, 0) is 4.79 Å². The van der Waals surface area contributed by atoms with Crippen molar-refractivity contribution in [1.82, 2.24) is 4.90 Å². The minimum absolute atomic E-state index is 0.0115. The molecule has 1 fully saturated rings. The van der Waals surface area contributed by atoms with Crippen molar-refractivity contribution in [2.45, 2.75) is 0 Å². The predicted molar refractivity (Wildman–Crippen MR) is 119 cm³/mol. The number of carbonyl (C=O) groups is 1. The van der Waals surface area contributed by atoms with Crippen LogP contribution in [0, 0.1) is 0 Å². The summed E-state index contributed by atoms with van der Waals surface area (Å²) in [5.74, 6) is -0.216. The molecule has 0 atom stereocenters. The van der Waals surface area contributed by atoms with E-state index >= 15 is 0 Å². The first-order valence-electron chi connectivity index (χ1n) is 7.95. The minimum Gasteiger partial charge on any atom is -0.507 e. The van der Waals surface area contributed by atoms with Crippen molar-refractivity contribution in [2.75, 3.05) is 6.54 Å². The van der Waals surface area contributed by atoms with E-state index in [0.29, 0.717) is 42.8 Å². The number of hydrogen-bond donors (Lipinski definition) is 1. The average Bonchev–Trinajstić information content (AvgIpc) is 2.91. The van der Waals surface area contributed by atoms with E-state index in [1.54, 1.807) is 42.5 Å². The molecular formula is C19H13Cl2N3O2S2. The van der Waals surface area contributed by atoms with Crippen molar-refractivity contribution < 1.29 is 9.90 Å². The summed E-state index contributed by atoms with van der Waals surface area (Å²) in [4.78, 5) is 14.3. The molecule has 0 spiro atoms. The second-order valence-electron chi connectivity index (χ2n) is 5.62. The van der Waals surface area contributed by atoms with Crippen LogP contribution in [0.4, 0.5) is 11.4 Å². The summed E-state index contributed by atoms with van der Waals surface area (Å²) in [7, 11) is 0. The van der Waals surface area contributed by atoms with Gasteiger partial charge >= 0.3 is 0 Å².